The van der Waals surface area contributed by atoms with E-state index in [4.69, 9.17) is 6.58 Å². The van der Waals surface area contributed by atoms with Gasteiger partial charge in [-0.1, -0.05) is 0 Å². The van der Waals surface area contributed by atoms with Crippen LogP contribution in [0.5, 0.6) is 0 Å². The minimum atomic E-state index is 0.934. The molecule has 0 aromatic rings. The molecule has 1 aliphatic rings. The molecule has 0 spiro atoms. The van der Waals surface area contributed by atoms with E-state index in [1.54, 1.807) is 6.08 Å². The van der Waals surface area contributed by atoms with E-state index < -0.39 is 0 Å². The summed E-state index contributed by atoms with van der Waals surface area (Å²) in [5, 5.41) is 2.99. The van der Waals surface area contributed by atoms with E-state index in [1.165, 1.54) is 11.8 Å². The summed E-state index contributed by atoms with van der Waals surface area (Å²) in [6, 6.07) is 0. The molecule has 0 aromatic heterocycles. The Morgan fingerprint density at radius 2 is 2.22 bits per heavy atom. The highest BCUT2D eigenvalue weighted by Gasteiger charge is 2.18. The Morgan fingerprint density at radius 3 is 2.44 bits per heavy atom. The van der Waals surface area contributed by atoms with Crippen LogP contribution in [0.4, 0.5) is 0 Å². The molecular formula is C6H2Br2S. The molecule has 0 unspecified atom stereocenters. The van der Waals surface area contributed by atoms with Crippen molar-refractivity contribution >= 4 is 43.6 Å². The van der Waals surface area contributed by atoms with E-state index in [0.29, 0.717) is 0 Å². The number of thioether (sulfide) groups is 1. The molecule has 1 heterocycles. The monoisotopic (exact) mass is 264 g/mol. The second kappa shape index (κ2) is 3.02. The maximum absolute atomic E-state index is 5.28. The van der Waals surface area contributed by atoms with Crippen LogP contribution in [0.1, 0.15) is 0 Å². The van der Waals surface area contributed by atoms with Crippen molar-refractivity contribution in [2.45, 2.75) is 0 Å². The van der Waals surface area contributed by atoms with Gasteiger partial charge in [0, 0.05) is 15.9 Å². The van der Waals surface area contributed by atoms with E-state index in [0.717, 1.165) is 13.9 Å². The lowest BCUT2D eigenvalue weighted by atomic mass is 10.5. The molecule has 0 radical (unpaired) electrons. The van der Waals surface area contributed by atoms with Gasteiger partial charge < -0.3 is 0 Å². The lowest BCUT2D eigenvalue weighted by molar-refractivity contribution is 1.87. The molecule has 0 saturated heterocycles. The van der Waals surface area contributed by atoms with Gasteiger partial charge in [0.25, 0.3) is 0 Å². The summed E-state index contributed by atoms with van der Waals surface area (Å²) in [5.74, 6) is 0. The zero-order valence-electron chi connectivity index (χ0n) is 4.32. The predicted octanol–water partition coefficient (Wildman–Crippen LogP) is 3.37. The van der Waals surface area contributed by atoms with Crippen LogP contribution in [-0.4, -0.2) is 0 Å². The largest absolute Gasteiger partial charge is 0.290 e. The zero-order valence-corrected chi connectivity index (χ0v) is 8.31. The van der Waals surface area contributed by atoms with Crippen molar-refractivity contribution in [2.75, 3.05) is 0 Å². The van der Waals surface area contributed by atoms with Gasteiger partial charge in [0.15, 0.2) is 0 Å². The smallest absolute Gasteiger partial charge is 0.241 e. The van der Waals surface area contributed by atoms with Crippen molar-refractivity contribution in [1.29, 1.82) is 0 Å². The first kappa shape index (κ1) is 7.55. The van der Waals surface area contributed by atoms with Crippen LogP contribution in [0.25, 0.3) is 0 Å². The van der Waals surface area contributed by atoms with Crippen LogP contribution in [0.2, 0.25) is 0 Å². The van der Waals surface area contributed by atoms with E-state index in [9.17, 15) is 0 Å². The highest BCUT2D eigenvalue weighted by Crippen LogP contribution is 2.40. The summed E-state index contributed by atoms with van der Waals surface area (Å²) >= 11 is 8.10. The first-order valence-corrected chi connectivity index (χ1v) is 4.56. The van der Waals surface area contributed by atoms with Crippen LogP contribution in [0.15, 0.2) is 19.9 Å². The van der Waals surface area contributed by atoms with Gasteiger partial charge in [-0.25, -0.2) is 6.08 Å². The van der Waals surface area contributed by atoms with Gasteiger partial charge in [-0.2, -0.15) is 0 Å². The predicted molar refractivity (Wildman–Crippen MR) is 48.1 cm³/mol. The molecule has 0 N–H and O–H groups in total. The molecule has 0 aliphatic carbocycles. The quantitative estimate of drug-likeness (QED) is 0.655. The lowest BCUT2D eigenvalue weighted by Crippen LogP contribution is -1.65. The highest BCUT2D eigenvalue weighted by molar-refractivity contribution is 9.15. The molecule has 46 valence electrons. The highest BCUT2D eigenvalue weighted by atomic mass is 79.9. The molecule has 0 atom stereocenters. The molecular weight excluding hydrogens is 264 g/mol. The minimum absolute atomic E-state index is 0.934. The molecule has 9 heavy (non-hydrogen) atoms. The van der Waals surface area contributed by atoms with Crippen molar-refractivity contribution in [3.63, 3.8) is 0 Å². The SMILES string of the molecule is [CH-]=CC1=C(Br)C(Br)=[C+]S1. The summed E-state index contributed by atoms with van der Waals surface area (Å²) in [6.45, 7) is 5.28. The van der Waals surface area contributed by atoms with Crippen LogP contribution >= 0.6 is 43.6 Å². The van der Waals surface area contributed by atoms with Gasteiger partial charge in [-0.15, -0.1) is 0 Å². The van der Waals surface area contributed by atoms with Crippen LogP contribution < -0.4 is 0 Å². The van der Waals surface area contributed by atoms with Gasteiger partial charge in [0.05, 0.1) is 15.9 Å². The second-order valence-corrected chi connectivity index (χ2v) is 3.80. The fourth-order valence-electron chi connectivity index (χ4n) is 0.405. The van der Waals surface area contributed by atoms with Crippen molar-refractivity contribution in [1.82, 2.24) is 0 Å². The molecule has 0 saturated carbocycles. The maximum Gasteiger partial charge on any atom is 0.241 e. The van der Waals surface area contributed by atoms with Crippen molar-refractivity contribution < 1.29 is 0 Å². The van der Waals surface area contributed by atoms with Crippen LogP contribution in [-0.2, 0) is 0 Å². The summed E-state index contributed by atoms with van der Waals surface area (Å²) in [4.78, 5) is 1.00. The van der Waals surface area contributed by atoms with Crippen LogP contribution in [0, 0.1) is 12.0 Å². The number of halogens is 2. The summed E-state index contributed by atoms with van der Waals surface area (Å²) < 4.78 is 1.92. The average molecular weight is 266 g/mol. The van der Waals surface area contributed by atoms with Crippen molar-refractivity contribution in [3.8, 4) is 0 Å². The molecule has 3 heteroatoms. The minimum Gasteiger partial charge on any atom is -0.290 e. The Hall–Kier alpha value is 0.440. The molecule has 0 fully saturated rings. The van der Waals surface area contributed by atoms with E-state index in [-0.39, 0.29) is 0 Å². The van der Waals surface area contributed by atoms with Crippen molar-refractivity contribution in [3.05, 3.63) is 31.9 Å². The van der Waals surface area contributed by atoms with E-state index >= 15 is 0 Å². The van der Waals surface area contributed by atoms with Gasteiger partial charge in [0.2, 0.25) is 4.48 Å². The van der Waals surface area contributed by atoms with Gasteiger partial charge in [-0.3, -0.25) is 6.58 Å². The molecule has 0 bridgehead atoms. The fourth-order valence-corrected chi connectivity index (χ4v) is 2.16. The van der Waals surface area contributed by atoms with Gasteiger partial charge >= 0.3 is 0 Å². The third kappa shape index (κ3) is 1.47. The lowest BCUT2D eigenvalue weighted by Gasteiger charge is -1.88. The van der Waals surface area contributed by atoms with E-state index in [1.807, 2.05) is 0 Å². The Kier molecular flexibility index (Phi) is 2.53. The second-order valence-electron chi connectivity index (χ2n) is 1.36. The molecule has 0 nitrogen and oxygen atoms in total. The summed E-state index contributed by atoms with van der Waals surface area (Å²) in [7, 11) is 0. The Labute approximate surface area is 75.3 Å². The Bertz CT molecular complexity index is 203. The van der Waals surface area contributed by atoms with E-state index in [2.05, 4.69) is 37.3 Å². The number of hydrogen-bond donors (Lipinski definition) is 0. The number of hydrogen-bond acceptors (Lipinski definition) is 1. The molecule has 0 aromatic carbocycles. The summed E-state index contributed by atoms with van der Waals surface area (Å²) in [5.41, 5.74) is 0. The van der Waals surface area contributed by atoms with Gasteiger partial charge in [0.1, 0.15) is 9.89 Å². The van der Waals surface area contributed by atoms with Gasteiger partial charge in [-0.05, 0) is 16.7 Å². The average Bonchev–Trinajstić information content (AvgIpc) is 2.15. The first-order valence-electron chi connectivity index (χ1n) is 2.16. The molecule has 0 amide bonds. The third-order valence-electron chi connectivity index (χ3n) is 0.811. The first-order chi connectivity index (χ1) is 4.25. The zero-order chi connectivity index (χ0) is 6.85. The standard InChI is InChI=1S/C6H2Br2S/c1-2-5-6(8)4(7)3-9-5/h1-2H. The molecule has 1 rings (SSSR count). The topological polar surface area (TPSA) is 0 Å². The number of allylic oxidation sites excluding steroid dienone is 3. The summed E-state index contributed by atoms with van der Waals surface area (Å²) in [6.07, 6.45) is 1.55. The third-order valence-corrected chi connectivity index (χ3v) is 4.15. The fraction of sp³-hybridized carbons (Fsp3) is 0. The number of rotatable bonds is 1. The normalized spacial score (nSPS) is 17.3. The molecule has 1 aliphatic heterocycles. The Morgan fingerprint density at radius 1 is 1.56 bits per heavy atom. The van der Waals surface area contributed by atoms with Crippen molar-refractivity contribution in [2.24, 2.45) is 0 Å². The van der Waals surface area contributed by atoms with Crippen LogP contribution in [0.3, 0.4) is 0 Å². The maximum atomic E-state index is 5.28. The Balaban J connectivity index is 2.92.